The lowest BCUT2D eigenvalue weighted by molar-refractivity contribution is 0.0581. The average Bonchev–Trinajstić information content (AvgIpc) is 2.60. The van der Waals surface area contributed by atoms with E-state index < -0.39 is 0 Å². The Balaban J connectivity index is 2.15. The summed E-state index contributed by atoms with van der Waals surface area (Å²) in [7, 11) is 0. The first-order valence-electron chi connectivity index (χ1n) is 8.74. The summed E-state index contributed by atoms with van der Waals surface area (Å²) in [5.74, 6) is 0.778. The second kappa shape index (κ2) is 7.14. The highest BCUT2D eigenvalue weighted by Gasteiger charge is 2.33. The summed E-state index contributed by atoms with van der Waals surface area (Å²) in [6, 6.07) is 21.4. The van der Waals surface area contributed by atoms with Crippen molar-refractivity contribution in [3.05, 3.63) is 77.4 Å². The van der Waals surface area contributed by atoms with Crippen LogP contribution in [0.2, 0.25) is 0 Å². The van der Waals surface area contributed by atoms with E-state index in [-0.39, 0.29) is 6.10 Å². The molecule has 0 aromatic heterocycles. The van der Waals surface area contributed by atoms with Crippen molar-refractivity contribution in [1.82, 2.24) is 0 Å². The first kappa shape index (κ1) is 16.0. The van der Waals surface area contributed by atoms with Crippen LogP contribution in [-0.2, 0) is 0 Å². The number of aliphatic hydroxyl groups is 1. The van der Waals surface area contributed by atoms with Crippen LogP contribution >= 0.6 is 0 Å². The summed E-state index contributed by atoms with van der Waals surface area (Å²) < 4.78 is 0. The monoisotopic (exact) mass is 306 g/mol. The third-order valence-electron chi connectivity index (χ3n) is 5.31. The van der Waals surface area contributed by atoms with Gasteiger partial charge in [0.1, 0.15) is 0 Å². The Kier molecular flexibility index (Phi) is 4.97. The molecule has 1 aliphatic rings. The fourth-order valence-electron chi connectivity index (χ4n) is 4.06. The number of rotatable bonds is 3. The third kappa shape index (κ3) is 3.25. The molecule has 0 radical (unpaired) electrons. The van der Waals surface area contributed by atoms with E-state index in [2.05, 4.69) is 74.5 Å². The molecule has 1 nitrogen and oxygen atoms in total. The molecular formula is C22H26O. The van der Waals surface area contributed by atoms with E-state index in [1.54, 1.807) is 0 Å². The van der Waals surface area contributed by atoms with Crippen molar-refractivity contribution in [2.45, 2.75) is 39.2 Å². The molecule has 0 heterocycles. The van der Waals surface area contributed by atoms with Gasteiger partial charge in [-0.25, -0.2) is 0 Å². The van der Waals surface area contributed by atoms with Gasteiger partial charge in [0, 0.05) is 0 Å². The van der Waals surface area contributed by atoms with Crippen molar-refractivity contribution in [2.75, 3.05) is 0 Å². The Morgan fingerprint density at radius 3 is 1.96 bits per heavy atom. The van der Waals surface area contributed by atoms with Crippen LogP contribution < -0.4 is 0 Å². The molecule has 0 aliphatic heterocycles. The molecule has 1 aliphatic carbocycles. The van der Waals surface area contributed by atoms with Gasteiger partial charge in [-0.2, -0.15) is 0 Å². The van der Waals surface area contributed by atoms with Crippen LogP contribution in [0.3, 0.4) is 0 Å². The minimum absolute atomic E-state index is 0.161. The van der Waals surface area contributed by atoms with Gasteiger partial charge < -0.3 is 5.11 Å². The van der Waals surface area contributed by atoms with Gasteiger partial charge in [0.25, 0.3) is 0 Å². The minimum Gasteiger partial charge on any atom is -0.393 e. The van der Waals surface area contributed by atoms with E-state index in [4.69, 9.17) is 0 Å². The fraction of sp³-hybridized carbons (Fsp3) is 0.364. The highest BCUT2D eigenvalue weighted by Crippen LogP contribution is 2.42. The van der Waals surface area contributed by atoms with Crippen LogP contribution in [0.25, 0.3) is 5.57 Å². The quantitative estimate of drug-likeness (QED) is 0.815. The van der Waals surface area contributed by atoms with E-state index in [9.17, 15) is 5.11 Å². The lowest BCUT2D eigenvalue weighted by Crippen LogP contribution is -2.32. The van der Waals surface area contributed by atoms with Gasteiger partial charge in [-0.05, 0) is 41.4 Å². The van der Waals surface area contributed by atoms with E-state index in [1.807, 2.05) is 0 Å². The highest BCUT2D eigenvalue weighted by molar-refractivity contribution is 5.82. The van der Waals surface area contributed by atoms with Crippen LogP contribution in [-0.4, -0.2) is 11.2 Å². The average molecular weight is 306 g/mol. The largest absolute Gasteiger partial charge is 0.393 e. The van der Waals surface area contributed by atoms with Gasteiger partial charge in [0.2, 0.25) is 0 Å². The summed E-state index contributed by atoms with van der Waals surface area (Å²) in [6.45, 7) is 4.48. The van der Waals surface area contributed by atoms with Crippen molar-refractivity contribution < 1.29 is 5.11 Å². The molecule has 0 bridgehead atoms. The molecule has 3 unspecified atom stereocenters. The molecule has 3 rings (SSSR count). The van der Waals surface area contributed by atoms with E-state index in [1.165, 1.54) is 22.3 Å². The minimum atomic E-state index is -0.161. The lowest BCUT2D eigenvalue weighted by Gasteiger charge is -2.37. The van der Waals surface area contributed by atoms with Crippen LogP contribution in [0.5, 0.6) is 0 Å². The fourth-order valence-corrected chi connectivity index (χ4v) is 4.06. The standard InChI is InChI=1S/C22H26O/c1-3-19-16(2)20(14-15-21(19)23)22(17-10-6-4-7-11-17)18-12-8-5-9-13-18/h4-13,16,19,21,23H,3,14-15H2,1-2H3. The number of hydrogen-bond donors (Lipinski definition) is 1. The summed E-state index contributed by atoms with van der Waals surface area (Å²) in [6.07, 6.45) is 2.73. The Morgan fingerprint density at radius 1 is 0.957 bits per heavy atom. The number of allylic oxidation sites excluding steroid dienone is 1. The van der Waals surface area contributed by atoms with Crippen molar-refractivity contribution in [3.63, 3.8) is 0 Å². The maximum Gasteiger partial charge on any atom is 0.0577 e. The van der Waals surface area contributed by atoms with E-state index >= 15 is 0 Å². The molecule has 23 heavy (non-hydrogen) atoms. The summed E-state index contributed by atoms with van der Waals surface area (Å²) in [5.41, 5.74) is 5.43. The Hall–Kier alpha value is -1.86. The highest BCUT2D eigenvalue weighted by atomic mass is 16.3. The zero-order chi connectivity index (χ0) is 16.2. The molecular weight excluding hydrogens is 280 g/mol. The molecule has 1 saturated carbocycles. The normalized spacial score (nSPS) is 24.5. The topological polar surface area (TPSA) is 20.2 Å². The molecule has 3 atom stereocenters. The van der Waals surface area contributed by atoms with Gasteiger partial charge in [-0.15, -0.1) is 0 Å². The second-order valence-electron chi connectivity index (χ2n) is 6.60. The molecule has 1 N–H and O–H groups in total. The van der Waals surface area contributed by atoms with Crippen molar-refractivity contribution in [1.29, 1.82) is 0 Å². The molecule has 120 valence electrons. The van der Waals surface area contributed by atoms with E-state index in [0.29, 0.717) is 11.8 Å². The van der Waals surface area contributed by atoms with Crippen LogP contribution in [0.15, 0.2) is 66.2 Å². The molecule has 0 amide bonds. The smallest absolute Gasteiger partial charge is 0.0577 e. The van der Waals surface area contributed by atoms with Gasteiger partial charge in [0.05, 0.1) is 6.10 Å². The van der Waals surface area contributed by atoms with Crippen LogP contribution in [0.4, 0.5) is 0 Å². The predicted molar refractivity (Wildman–Crippen MR) is 97.1 cm³/mol. The SMILES string of the molecule is CCC1C(O)CCC(=C(c2ccccc2)c2ccccc2)C1C. The van der Waals surface area contributed by atoms with E-state index in [0.717, 1.165) is 19.3 Å². The first-order valence-corrected chi connectivity index (χ1v) is 8.74. The predicted octanol–water partition coefficient (Wildman–Crippen LogP) is 5.31. The maximum atomic E-state index is 10.4. The zero-order valence-electron chi connectivity index (χ0n) is 14.1. The van der Waals surface area contributed by atoms with Crippen molar-refractivity contribution in [3.8, 4) is 0 Å². The Morgan fingerprint density at radius 2 is 1.48 bits per heavy atom. The summed E-state index contributed by atoms with van der Waals surface area (Å²) >= 11 is 0. The molecule has 2 aromatic rings. The molecule has 1 fully saturated rings. The number of hydrogen-bond acceptors (Lipinski definition) is 1. The van der Waals surface area contributed by atoms with Crippen molar-refractivity contribution in [2.24, 2.45) is 11.8 Å². The molecule has 1 heteroatoms. The zero-order valence-corrected chi connectivity index (χ0v) is 14.1. The number of benzene rings is 2. The number of aliphatic hydroxyl groups excluding tert-OH is 1. The van der Waals surface area contributed by atoms with Crippen LogP contribution in [0.1, 0.15) is 44.2 Å². The first-order chi connectivity index (χ1) is 11.2. The second-order valence-corrected chi connectivity index (χ2v) is 6.60. The molecule has 2 aromatic carbocycles. The van der Waals surface area contributed by atoms with Gasteiger partial charge in [-0.3, -0.25) is 0 Å². The van der Waals surface area contributed by atoms with Gasteiger partial charge >= 0.3 is 0 Å². The van der Waals surface area contributed by atoms with Crippen molar-refractivity contribution >= 4 is 5.57 Å². The third-order valence-corrected chi connectivity index (χ3v) is 5.31. The molecule has 0 saturated heterocycles. The Bertz CT molecular complexity index is 615. The lowest BCUT2D eigenvalue weighted by atomic mass is 9.71. The van der Waals surface area contributed by atoms with Gasteiger partial charge in [0.15, 0.2) is 0 Å². The molecule has 0 spiro atoms. The summed E-state index contributed by atoms with van der Waals surface area (Å²) in [4.78, 5) is 0. The van der Waals surface area contributed by atoms with Gasteiger partial charge in [-0.1, -0.05) is 86.5 Å². The summed E-state index contributed by atoms with van der Waals surface area (Å²) in [5, 5.41) is 10.4. The van der Waals surface area contributed by atoms with Crippen LogP contribution in [0, 0.1) is 11.8 Å². The Labute approximate surface area is 139 Å². The maximum absolute atomic E-state index is 10.4.